The quantitative estimate of drug-likeness (QED) is 0.898. The van der Waals surface area contributed by atoms with E-state index in [0.29, 0.717) is 13.1 Å². The summed E-state index contributed by atoms with van der Waals surface area (Å²) in [5, 5.41) is 8.86. The van der Waals surface area contributed by atoms with Crippen molar-refractivity contribution in [2.75, 3.05) is 26.7 Å². The number of carbonyl (C=O) groups is 2. The van der Waals surface area contributed by atoms with Crippen LogP contribution in [0.2, 0.25) is 0 Å². The number of nitrogens with zero attached hydrogens (tertiary/aromatic N) is 2. The van der Waals surface area contributed by atoms with E-state index in [4.69, 9.17) is 5.11 Å². The van der Waals surface area contributed by atoms with Crippen molar-refractivity contribution in [3.05, 3.63) is 35.4 Å². The molecule has 0 spiro atoms. The second kappa shape index (κ2) is 7.22. The molecule has 1 aromatic rings. The largest absolute Gasteiger partial charge is 0.478 e. The van der Waals surface area contributed by atoms with E-state index >= 15 is 0 Å². The molecule has 0 bridgehead atoms. The number of carbonyl (C=O) groups excluding carboxylic acids is 1. The highest BCUT2D eigenvalue weighted by atomic mass is 16.4. The minimum absolute atomic E-state index is 0.180. The first kappa shape index (κ1) is 15.5. The number of piperidine rings is 1. The Labute approximate surface area is 125 Å². The van der Waals surface area contributed by atoms with Crippen LogP contribution in [-0.2, 0) is 11.3 Å². The van der Waals surface area contributed by atoms with E-state index in [1.54, 1.807) is 24.3 Å². The number of likely N-dealkylation sites (tertiary alicyclic amines) is 1. The SMILES string of the molecule is CN(CC(=O)N1CCCCC1)Cc1ccc(C(=O)O)cc1. The summed E-state index contributed by atoms with van der Waals surface area (Å²) in [5.74, 6) is -0.741. The summed E-state index contributed by atoms with van der Waals surface area (Å²) in [6.45, 7) is 2.79. The van der Waals surface area contributed by atoms with Crippen LogP contribution in [-0.4, -0.2) is 53.5 Å². The minimum atomic E-state index is -0.921. The molecule has 1 aliphatic rings. The third-order valence-corrected chi connectivity index (χ3v) is 3.77. The minimum Gasteiger partial charge on any atom is -0.478 e. The monoisotopic (exact) mass is 290 g/mol. The van der Waals surface area contributed by atoms with Gasteiger partial charge in [-0.15, -0.1) is 0 Å². The van der Waals surface area contributed by atoms with Gasteiger partial charge in [0.25, 0.3) is 0 Å². The first-order valence-electron chi connectivity index (χ1n) is 7.35. The standard InChI is InChI=1S/C16H22N2O3/c1-17(12-15(19)18-9-3-2-4-10-18)11-13-5-7-14(8-6-13)16(20)21/h5-8H,2-4,9-12H2,1H3,(H,20,21). The number of aromatic carboxylic acids is 1. The number of hydrogen-bond acceptors (Lipinski definition) is 3. The number of carboxylic acid groups (broad SMARTS) is 1. The lowest BCUT2D eigenvalue weighted by molar-refractivity contribution is -0.133. The van der Waals surface area contributed by atoms with Crippen molar-refractivity contribution in [3.8, 4) is 0 Å². The maximum absolute atomic E-state index is 12.1. The van der Waals surface area contributed by atoms with Crippen LogP contribution >= 0.6 is 0 Å². The number of carboxylic acids is 1. The van der Waals surface area contributed by atoms with Crippen molar-refractivity contribution in [2.45, 2.75) is 25.8 Å². The summed E-state index contributed by atoms with van der Waals surface area (Å²) in [5.41, 5.74) is 1.29. The zero-order valence-corrected chi connectivity index (χ0v) is 12.4. The van der Waals surface area contributed by atoms with E-state index in [2.05, 4.69) is 0 Å². The van der Waals surface area contributed by atoms with E-state index in [-0.39, 0.29) is 11.5 Å². The van der Waals surface area contributed by atoms with Gasteiger partial charge in [-0.05, 0) is 44.0 Å². The molecule has 1 aliphatic heterocycles. The topological polar surface area (TPSA) is 60.9 Å². The Morgan fingerprint density at radius 3 is 2.33 bits per heavy atom. The molecule has 114 valence electrons. The molecule has 0 radical (unpaired) electrons. The van der Waals surface area contributed by atoms with Gasteiger partial charge in [-0.3, -0.25) is 9.69 Å². The first-order valence-corrected chi connectivity index (χ1v) is 7.35. The fraction of sp³-hybridized carbons (Fsp3) is 0.500. The van der Waals surface area contributed by atoms with E-state index in [1.165, 1.54) is 6.42 Å². The fourth-order valence-electron chi connectivity index (χ4n) is 2.59. The van der Waals surface area contributed by atoms with Crippen LogP contribution < -0.4 is 0 Å². The molecule has 0 atom stereocenters. The molecule has 0 aliphatic carbocycles. The van der Waals surface area contributed by atoms with Gasteiger partial charge in [0.15, 0.2) is 0 Å². The maximum atomic E-state index is 12.1. The van der Waals surface area contributed by atoms with Gasteiger partial charge >= 0.3 is 5.97 Å². The van der Waals surface area contributed by atoms with Gasteiger partial charge in [0, 0.05) is 19.6 Å². The number of likely N-dealkylation sites (N-methyl/N-ethyl adjacent to an activating group) is 1. The van der Waals surface area contributed by atoms with Crippen LogP contribution in [0.5, 0.6) is 0 Å². The summed E-state index contributed by atoms with van der Waals surface area (Å²) in [6, 6.07) is 6.78. The Kier molecular flexibility index (Phi) is 5.33. The van der Waals surface area contributed by atoms with Gasteiger partial charge in [0.1, 0.15) is 0 Å². The zero-order valence-electron chi connectivity index (χ0n) is 12.4. The molecule has 0 saturated carbocycles. The summed E-state index contributed by atoms with van der Waals surface area (Å²) in [7, 11) is 1.91. The zero-order chi connectivity index (χ0) is 15.2. The summed E-state index contributed by atoms with van der Waals surface area (Å²) < 4.78 is 0. The van der Waals surface area contributed by atoms with Crippen LogP contribution in [0.4, 0.5) is 0 Å². The van der Waals surface area contributed by atoms with Crippen LogP contribution in [0.15, 0.2) is 24.3 Å². The Morgan fingerprint density at radius 1 is 1.14 bits per heavy atom. The van der Waals surface area contributed by atoms with Crippen molar-refractivity contribution in [1.82, 2.24) is 9.80 Å². The van der Waals surface area contributed by atoms with Crippen molar-refractivity contribution in [1.29, 1.82) is 0 Å². The lowest BCUT2D eigenvalue weighted by Gasteiger charge is -2.28. The third-order valence-electron chi connectivity index (χ3n) is 3.77. The molecule has 2 rings (SSSR count). The van der Waals surface area contributed by atoms with Gasteiger partial charge in [-0.25, -0.2) is 4.79 Å². The molecule has 1 N–H and O–H groups in total. The van der Waals surface area contributed by atoms with Gasteiger partial charge < -0.3 is 10.0 Å². The van der Waals surface area contributed by atoms with Gasteiger partial charge in [0.05, 0.1) is 12.1 Å². The number of rotatable bonds is 5. The average Bonchev–Trinajstić information content (AvgIpc) is 2.48. The predicted molar refractivity (Wildman–Crippen MR) is 80.2 cm³/mol. The lowest BCUT2D eigenvalue weighted by atomic mass is 10.1. The maximum Gasteiger partial charge on any atom is 0.335 e. The highest BCUT2D eigenvalue weighted by Gasteiger charge is 2.17. The van der Waals surface area contributed by atoms with Gasteiger partial charge in [0.2, 0.25) is 5.91 Å². The van der Waals surface area contributed by atoms with Crippen LogP contribution in [0, 0.1) is 0 Å². The molecular formula is C16H22N2O3. The van der Waals surface area contributed by atoms with Gasteiger partial charge in [-0.1, -0.05) is 12.1 Å². The molecule has 0 aromatic heterocycles. The second-order valence-corrected chi connectivity index (χ2v) is 5.62. The van der Waals surface area contributed by atoms with Crippen LogP contribution in [0.25, 0.3) is 0 Å². The molecule has 21 heavy (non-hydrogen) atoms. The van der Waals surface area contributed by atoms with Crippen molar-refractivity contribution >= 4 is 11.9 Å². The van der Waals surface area contributed by atoms with E-state index < -0.39 is 5.97 Å². The Balaban J connectivity index is 1.84. The van der Waals surface area contributed by atoms with E-state index in [1.807, 2.05) is 16.8 Å². The summed E-state index contributed by atoms with van der Waals surface area (Å²) in [6.07, 6.45) is 3.42. The smallest absolute Gasteiger partial charge is 0.335 e. The summed E-state index contributed by atoms with van der Waals surface area (Å²) >= 11 is 0. The molecule has 1 aromatic carbocycles. The highest BCUT2D eigenvalue weighted by molar-refractivity contribution is 5.87. The van der Waals surface area contributed by atoms with Crippen molar-refractivity contribution in [2.24, 2.45) is 0 Å². The Morgan fingerprint density at radius 2 is 1.76 bits per heavy atom. The lowest BCUT2D eigenvalue weighted by Crippen LogP contribution is -2.41. The van der Waals surface area contributed by atoms with Crippen LogP contribution in [0.3, 0.4) is 0 Å². The Hall–Kier alpha value is -1.88. The number of amides is 1. The average molecular weight is 290 g/mol. The first-order chi connectivity index (χ1) is 10.1. The molecule has 1 heterocycles. The molecular weight excluding hydrogens is 268 g/mol. The van der Waals surface area contributed by atoms with Gasteiger partial charge in [-0.2, -0.15) is 0 Å². The molecule has 5 heteroatoms. The molecule has 5 nitrogen and oxygen atoms in total. The normalized spacial score (nSPS) is 15.2. The fourth-order valence-corrected chi connectivity index (χ4v) is 2.59. The predicted octanol–water partition coefficient (Wildman–Crippen LogP) is 1.83. The van der Waals surface area contributed by atoms with Crippen molar-refractivity contribution < 1.29 is 14.7 Å². The third kappa shape index (κ3) is 4.56. The van der Waals surface area contributed by atoms with Crippen molar-refractivity contribution in [3.63, 3.8) is 0 Å². The molecule has 1 fully saturated rings. The summed E-state index contributed by atoms with van der Waals surface area (Å²) in [4.78, 5) is 26.8. The number of benzene rings is 1. The molecule has 1 amide bonds. The Bertz CT molecular complexity index is 493. The van der Waals surface area contributed by atoms with Crippen LogP contribution in [0.1, 0.15) is 35.2 Å². The highest BCUT2D eigenvalue weighted by Crippen LogP contribution is 2.10. The molecule has 0 unspecified atom stereocenters. The second-order valence-electron chi connectivity index (χ2n) is 5.62. The number of hydrogen-bond donors (Lipinski definition) is 1. The van der Waals surface area contributed by atoms with E-state index in [9.17, 15) is 9.59 Å². The molecule has 1 saturated heterocycles. The van der Waals surface area contributed by atoms with E-state index in [0.717, 1.165) is 31.5 Å².